The normalized spacial score (nSPS) is 10.7. The lowest BCUT2D eigenvalue weighted by Gasteiger charge is -2.13. The van der Waals surface area contributed by atoms with Crippen molar-refractivity contribution in [2.75, 3.05) is 12.4 Å². The summed E-state index contributed by atoms with van der Waals surface area (Å²) in [4.78, 5) is 31.6. The van der Waals surface area contributed by atoms with E-state index in [-0.39, 0.29) is 5.91 Å². The van der Waals surface area contributed by atoms with E-state index in [2.05, 4.69) is 31.3 Å². The van der Waals surface area contributed by atoms with Crippen LogP contribution in [0.15, 0.2) is 67.0 Å². The van der Waals surface area contributed by atoms with Crippen LogP contribution in [0.1, 0.15) is 21.6 Å². The molecule has 3 heterocycles. The first-order chi connectivity index (χ1) is 17.1. The molecule has 0 aliphatic rings. The van der Waals surface area contributed by atoms with Crippen molar-refractivity contribution in [2.45, 2.75) is 6.92 Å². The molecule has 1 amide bonds. The van der Waals surface area contributed by atoms with Crippen molar-refractivity contribution in [2.24, 2.45) is 0 Å². The fourth-order valence-electron chi connectivity index (χ4n) is 3.62. The molecule has 0 aliphatic heterocycles. The lowest BCUT2D eigenvalue weighted by molar-refractivity contribution is 0.102. The molecule has 0 aliphatic carbocycles. The number of methoxy groups -OCH3 is 1. The van der Waals surface area contributed by atoms with Crippen molar-refractivity contribution in [3.05, 3.63) is 83.8 Å². The highest BCUT2D eigenvalue weighted by atomic mass is 32.1. The Morgan fingerprint density at radius 2 is 1.83 bits per heavy atom. The van der Waals surface area contributed by atoms with Crippen LogP contribution in [-0.2, 0) is 0 Å². The number of nitriles is 1. The third-order valence-electron chi connectivity index (χ3n) is 5.34. The number of aromatic nitrogens is 4. The molecule has 0 saturated carbocycles. The Balaban J connectivity index is 1.46. The topological polar surface area (TPSA) is 114 Å². The minimum atomic E-state index is -0.343. The molecule has 5 rings (SSSR count). The Morgan fingerprint density at radius 3 is 2.60 bits per heavy atom. The third kappa shape index (κ3) is 4.43. The standard InChI is InChI=1S/C26H18N6O2S/c1-15-11-19(18-5-3-4-6-22(18)34-2)20(13-28-15)24(33)32-26-31-23-25(35-26)30-21(14-29-23)17-9-7-16(12-27)8-10-17/h3-11,13-14H,1-2H3,(H,29,31,32,33). The van der Waals surface area contributed by atoms with Gasteiger partial charge in [0, 0.05) is 28.6 Å². The van der Waals surface area contributed by atoms with Crippen molar-refractivity contribution in [3.8, 4) is 34.2 Å². The monoisotopic (exact) mass is 478 g/mol. The lowest BCUT2D eigenvalue weighted by Crippen LogP contribution is -2.14. The van der Waals surface area contributed by atoms with Crippen LogP contribution in [0.3, 0.4) is 0 Å². The molecule has 0 atom stereocenters. The second-order valence-electron chi connectivity index (χ2n) is 7.62. The number of hydrogen-bond acceptors (Lipinski definition) is 8. The summed E-state index contributed by atoms with van der Waals surface area (Å²) in [7, 11) is 1.60. The van der Waals surface area contributed by atoms with Gasteiger partial charge >= 0.3 is 0 Å². The van der Waals surface area contributed by atoms with E-state index < -0.39 is 0 Å². The number of anilines is 1. The molecule has 2 aromatic carbocycles. The van der Waals surface area contributed by atoms with E-state index in [1.807, 2.05) is 49.4 Å². The minimum Gasteiger partial charge on any atom is -0.496 e. The van der Waals surface area contributed by atoms with E-state index in [0.29, 0.717) is 43.7 Å². The molecule has 5 aromatic rings. The predicted octanol–water partition coefficient (Wildman–Crippen LogP) is 5.26. The number of carbonyl (C=O) groups excluding carboxylic acids is 1. The number of ether oxygens (including phenoxy) is 1. The van der Waals surface area contributed by atoms with E-state index in [1.54, 1.807) is 31.6 Å². The molecule has 9 heteroatoms. The number of benzene rings is 2. The summed E-state index contributed by atoms with van der Waals surface area (Å²) in [6, 6.07) is 18.6. The van der Waals surface area contributed by atoms with E-state index in [0.717, 1.165) is 16.8 Å². The van der Waals surface area contributed by atoms with Crippen molar-refractivity contribution in [1.29, 1.82) is 5.26 Å². The van der Waals surface area contributed by atoms with Crippen molar-refractivity contribution >= 4 is 32.9 Å². The van der Waals surface area contributed by atoms with E-state index in [4.69, 9.17) is 10.00 Å². The third-order valence-corrected chi connectivity index (χ3v) is 6.19. The van der Waals surface area contributed by atoms with Crippen LogP contribution in [0.25, 0.3) is 32.9 Å². The van der Waals surface area contributed by atoms with Crippen LogP contribution in [0, 0.1) is 18.3 Å². The van der Waals surface area contributed by atoms with Gasteiger partial charge in [0.15, 0.2) is 15.6 Å². The van der Waals surface area contributed by atoms with Gasteiger partial charge in [-0.3, -0.25) is 15.1 Å². The number of rotatable bonds is 5. The van der Waals surface area contributed by atoms with Crippen LogP contribution in [-0.4, -0.2) is 33.0 Å². The smallest absolute Gasteiger partial charge is 0.259 e. The second-order valence-corrected chi connectivity index (χ2v) is 8.60. The predicted molar refractivity (Wildman–Crippen MR) is 134 cm³/mol. The van der Waals surface area contributed by atoms with Gasteiger partial charge in [-0.2, -0.15) is 10.2 Å². The van der Waals surface area contributed by atoms with Crippen molar-refractivity contribution < 1.29 is 9.53 Å². The van der Waals surface area contributed by atoms with Gasteiger partial charge in [0.2, 0.25) is 0 Å². The maximum Gasteiger partial charge on any atom is 0.259 e. The lowest BCUT2D eigenvalue weighted by atomic mass is 9.99. The van der Waals surface area contributed by atoms with Crippen LogP contribution >= 0.6 is 11.3 Å². The highest BCUT2D eigenvalue weighted by Gasteiger charge is 2.19. The number of thiazole rings is 1. The van der Waals surface area contributed by atoms with Crippen LogP contribution in [0.4, 0.5) is 5.13 Å². The molecule has 1 N–H and O–H groups in total. The first kappa shape index (κ1) is 22.1. The highest BCUT2D eigenvalue weighted by Crippen LogP contribution is 2.33. The second kappa shape index (κ2) is 9.29. The highest BCUT2D eigenvalue weighted by molar-refractivity contribution is 7.21. The summed E-state index contributed by atoms with van der Waals surface area (Å²) in [5.41, 5.74) is 5.20. The Hall–Kier alpha value is -4.68. The minimum absolute atomic E-state index is 0.343. The number of nitrogens with zero attached hydrogens (tertiary/aromatic N) is 5. The summed E-state index contributed by atoms with van der Waals surface area (Å²) in [6.07, 6.45) is 3.18. The van der Waals surface area contributed by atoms with Gasteiger partial charge in [0.1, 0.15) is 5.75 Å². The largest absolute Gasteiger partial charge is 0.496 e. The summed E-state index contributed by atoms with van der Waals surface area (Å²) >= 11 is 1.24. The van der Waals surface area contributed by atoms with E-state index >= 15 is 0 Å². The molecule has 0 fully saturated rings. The molecule has 3 aromatic heterocycles. The number of pyridine rings is 1. The summed E-state index contributed by atoms with van der Waals surface area (Å²) in [6.45, 7) is 1.87. The fourth-order valence-corrected chi connectivity index (χ4v) is 4.42. The van der Waals surface area contributed by atoms with Gasteiger partial charge in [-0.15, -0.1) is 0 Å². The molecule has 0 bridgehead atoms. The average Bonchev–Trinajstić information content (AvgIpc) is 3.30. The van der Waals surface area contributed by atoms with Crippen molar-refractivity contribution in [1.82, 2.24) is 19.9 Å². The van der Waals surface area contributed by atoms with Crippen LogP contribution in [0.5, 0.6) is 5.75 Å². The summed E-state index contributed by atoms with van der Waals surface area (Å²) in [5, 5.41) is 12.2. The van der Waals surface area contributed by atoms with Gasteiger partial charge in [-0.05, 0) is 31.2 Å². The molecule has 8 nitrogen and oxygen atoms in total. The number of aryl methyl sites for hydroxylation is 1. The molecule has 170 valence electrons. The number of nitrogens with one attached hydrogen (secondary N) is 1. The maximum absolute atomic E-state index is 13.3. The molecular formula is C26H18N6O2S. The zero-order chi connectivity index (χ0) is 24.4. The van der Waals surface area contributed by atoms with Crippen LogP contribution in [0.2, 0.25) is 0 Å². The number of carbonyl (C=O) groups is 1. The first-order valence-electron chi connectivity index (χ1n) is 10.6. The Morgan fingerprint density at radius 1 is 1.03 bits per heavy atom. The molecule has 0 saturated heterocycles. The molecular weight excluding hydrogens is 460 g/mol. The zero-order valence-electron chi connectivity index (χ0n) is 18.8. The average molecular weight is 479 g/mol. The maximum atomic E-state index is 13.3. The van der Waals surface area contributed by atoms with Gasteiger partial charge in [0.05, 0.1) is 36.2 Å². The van der Waals surface area contributed by atoms with Gasteiger partial charge in [-0.1, -0.05) is 41.7 Å². The molecule has 0 spiro atoms. The van der Waals surface area contributed by atoms with Gasteiger partial charge in [0.25, 0.3) is 5.91 Å². The molecule has 0 unspecified atom stereocenters. The van der Waals surface area contributed by atoms with E-state index in [9.17, 15) is 4.79 Å². The summed E-state index contributed by atoms with van der Waals surface area (Å²) < 4.78 is 5.50. The number of para-hydroxylation sites is 1. The number of amides is 1. The van der Waals surface area contributed by atoms with Crippen molar-refractivity contribution in [3.63, 3.8) is 0 Å². The Labute approximate surface area is 204 Å². The summed E-state index contributed by atoms with van der Waals surface area (Å²) in [5.74, 6) is 0.320. The first-order valence-corrected chi connectivity index (χ1v) is 11.4. The van der Waals surface area contributed by atoms with Crippen LogP contribution < -0.4 is 10.1 Å². The van der Waals surface area contributed by atoms with Gasteiger partial charge in [-0.25, -0.2) is 9.97 Å². The molecule has 0 radical (unpaired) electrons. The fraction of sp³-hybridized carbons (Fsp3) is 0.0769. The zero-order valence-corrected chi connectivity index (χ0v) is 19.6. The Kier molecular flexibility index (Phi) is 5.87. The number of fused-ring (bicyclic) bond motifs is 1. The SMILES string of the molecule is COc1ccccc1-c1cc(C)ncc1C(=O)Nc1nc2ncc(-c3ccc(C#N)cc3)nc2s1. The number of hydrogen-bond donors (Lipinski definition) is 1. The molecule has 35 heavy (non-hydrogen) atoms. The van der Waals surface area contributed by atoms with Gasteiger partial charge < -0.3 is 4.74 Å². The quantitative estimate of drug-likeness (QED) is 0.367. The van der Waals surface area contributed by atoms with E-state index in [1.165, 1.54) is 11.3 Å². The Bertz CT molecular complexity index is 1610.